The van der Waals surface area contributed by atoms with Crippen LogP contribution >= 0.6 is 0 Å². The number of nitrogens with two attached hydrogens (primary N) is 1. The average Bonchev–Trinajstić information content (AvgIpc) is 2.93. The Bertz CT molecular complexity index is 578. The van der Waals surface area contributed by atoms with E-state index in [0.29, 0.717) is 18.8 Å². The zero-order valence-corrected chi connectivity index (χ0v) is 11.5. The van der Waals surface area contributed by atoms with Gasteiger partial charge in [-0.2, -0.15) is 0 Å². The number of carbonyl (C=O) groups excluding carboxylic acids is 1. The summed E-state index contributed by atoms with van der Waals surface area (Å²) >= 11 is 0. The first kappa shape index (κ1) is 14.2. The monoisotopic (exact) mass is 273 g/mol. The second kappa shape index (κ2) is 6.81. The second-order valence-corrected chi connectivity index (χ2v) is 4.51. The van der Waals surface area contributed by atoms with E-state index < -0.39 is 0 Å². The fourth-order valence-electron chi connectivity index (χ4n) is 1.98. The van der Waals surface area contributed by atoms with Gasteiger partial charge in [-0.3, -0.25) is 4.79 Å². The molecule has 20 heavy (non-hydrogen) atoms. The molecule has 2 rings (SSSR count). The van der Waals surface area contributed by atoms with Gasteiger partial charge in [0, 0.05) is 13.1 Å². The summed E-state index contributed by atoms with van der Waals surface area (Å²) in [4.78, 5) is 11.9. The zero-order chi connectivity index (χ0) is 14.4. The minimum atomic E-state index is -0.0932. The smallest absolute Gasteiger partial charge is 0.242 e. The van der Waals surface area contributed by atoms with Crippen LogP contribution in [-0.2, 0) is 30.8 Å². The lowest BCUT2D eigenvalue weighted by Crippen LogP contribution is -2.27. The van der Waals surface area contributed by atoms with Gasteiger partial charge in [0.15, 0.2) is 0 Å². The number of nitrogens with zero attached hydrogens (tertiary/aromatic N) is 3. The van der Waals surface area contributed by atoms with Crippen molar-refractivity contribution in [3.63, 3.8) is 0 Å². The first-order valence-corrected chi connectivity index (χ1v) is 6.65. The second-order valence-electron chi connectivity index (χ2n) is 4.51. The number of benzene rings is 1. The Hall–Kier alpha value is -2.21. The molecule has 0 unspecified atom stereocenters. The van der Waals surface area contributed by atoms with Crippen LogP contribution < -0.4 is 11.1 Å². The van der Waals surface area contributed by atoms with E-state index in [9.17, 15) is 4.79 Å². The van der Waals surface area contributed by atoms with E-state index in [1.807, 2.05) is 18.2 Å². The van der Waals surface area contributed by atoms with Crippen molar-refractivity contribution >= 4 is 5.91 Å². The molecule has 6 nitrogen and oxygen atoms in total. The normalized spacial score (nSPS) is 10.5. The van der Waals surface area contributed by atoms with Crippen LogP contribution in [0.15, 0.2) is 30.5 Å². The summed E-state index contributed by atoms with van der Waals surface area (Å²) in [5, 5.41) is 10.6. The van der Waals surface area contributed by atoms with E-state index in [0.717, 1.165) is 12.0 Å². The fourth-order valence-corrected chi connectivity index (χ4v) is 1.98. The molecule has 1 amide bonds. The van der Waals surface area contributed by atoms with Crippen molar-refractivity contribution in [2.45, 2.75) is 33.0 Å². The molecule has 2 aromatic rings. The summed E-state index contributed by atoms with van der Waals surface area (Å²) in [7, 11) is 0. The number of nitrogens with one attached hydrogen (secondary N) is 1. The molecule has 106 valence electrons. The number of aromatic nitrogens is 3. The van der Waals surface area contributed by atoms with Crippen LogP contribution in [0.1, 0.15) is 23.7 Å². The summed E-state index contributed by atoms with van der Waals surface area (Å²) in [6, 6.07) is 8.09. The topological polar surface area (TPSA) is 85.8 Å². The molecule has 0 bridgehead atoms. The molecule has 6 heteroatoms. The highest BCUT2D eigenvalue weighted by molar-refractivity contribution is 5.75. The van der Waals surface area contributed by atoms with Crippen LogP contribution in [0.4, 0.5) is 0 Å². The van der Waals surface area contributed by atoms with Gasteiger partial charge in [0.1, 0.15) is 6.54 Å². The van der Waals surface area contributed by atoms with Gasteiger partial charge in [0.25, 0.3) is 0 Å². The Kier molecular flexibility index (Phi) is 4.84. The van der Waals surface area contributed by atoms with Crippen molar-refractivity contribution in [3.05, 3.63) is 47.3 Å². The largest absolute Gasteiger partial charge is 0.350 e. The number of carbonyl (C=O) groups is 1. The predicted octanol–water partition coefficient (Wildman–Crippen LogP) is 0.616. The SMILES string of the molecule is CCc1ccccc1CNC(=O)Cn1cc(CN)nn1. The van der Waals surface area contributed by atoms with E-state index in [1.165, 1.54) is 10.2 Å². The molecule has 0 saturated heterocycles. The summed E-state index contributed by atoms with van der Waals surface area (Å²) in [6.07, 6.45) is 2.63. The molecule has 0 saturated carbocycles. The Morgan fingerprint density at radius 3 is 2.75 bits per heavy atom. The van der Waals surface area contributed by atoms with Crippen molar-refractivity contribution < 1.29 is 4.79 Å². The summed E-state index contributed by atoms with van der Waals surface area (Å²) in [6.45, 7) is 3.11. The summed E-state index contributed by atoms with van der Waals surface area (Å²) < 4.78 is 1.49. The summed E-state index contributed by atoms with van der Waals surface area (Å²) in [5.74, 6) is -0.0932. The lowest BCUT2D eigenvalue weighted by molar-refractivity contribution is -0.122. The van der Waals surface area contributed by atoms with Crippen molar-refractivity contribution in [1.29, 1.82) is 0 Å². The molecule has 0 fully saturated rings. The Balaban J connectivity index is 1.88. The van der Waals surface area contributed by atoms with Crippen LogP contribution in [-0.4, -0.2) is 20.9 Å². The molecule has 0 spiro atoms. The first-order valence-electron chi connectivity index (χ1n) is 6.65. The van der Waals surface area contributed by atoms with Crippen molar-refractivity contribution in [2.24, 2.45) is 5.73 Å². The number of hydrogen-bond acceptors (Lipinski definition) is 4. The van der Waals surface area contributed by atoms with Gasteiger partial charge in [-0.1, -0.05) is 36.4 Å². The Labute approximate surface area is 118 Å². The van der Waals surface area contributed by atoms with Crippen LogP contribution in [0.2, 0.25) is 0 Å². The molecule has 0 aliphatic heterocycles. The molecule has 0 aliphatic rings. The lowest BCUT2D eigenvalue weighted by atomic mass is 10.1. The molecule has 0 radical (unpaired) electrons. The number of aryl methyl sites for hydroxylation is 1. The molecule has 0 aliphatic carbocycles. The molecule has 1 heterocycles. The maximum atomic E-state index is 11.9. The maximum absolute atomic E-state index is 11.9. The van der Waals surface area contributed by atoms with Crippen molar-refractivity contribution in [1.82, 2.24) is 20.3 Å². The van der Waals surface area contributed by atoms with E-state index >= 15 is 0 Å². The molecular formula is C14H19N5O. The lowest BCUT2D eigenvalue weighted by Gasteiger charge is -2.09. The molecule has 1 aromatic carbocycles. The standard InChI is InChI=1S/C14H19N5O/c1-2-11-5-3-4-6-12(11)8-16-14(20)10-19-9-13(7-15)17-18-19/h3-6,9H,2,7-8,10,15H2,1H3,(H,16,20). The third kappa shape index (κ3) is 3.64. The quantitative estimate of drug-likeness (QED) is 0.807. The number of rotatable bonds is 6. The average molecular weight is 273 g/mol. The number of hydrogen-bond donors (Lipinski definition) is 2. The number of amides is 1. The van der Waals surface area contributed by atoms with Crippen LogP contribution in [0.3, 0.4) is 0 Å². The van der Waals surface area contributed by atoms with Crippen LogP contribution in [0.5, 0.6) is 0 Å². The van der Waals surface area contributed by atoms with Gasteiger partial charge >= 0.3 is 0 Å². The van der Waals surface area contributed by atoms with Gasteiger partial charge in [-0.25, -0.2) is 4.68 Å². The predicted molar refractivity (Wildman–Crippen MR) is 75.6 cm³/mol. The minimum absolute atomic E-state index is 0.0932. The van der Waals surface area contributed by atoms with Crippen LogP contribution in [0, 0.1) is 0 Å². The molecule has 0 atom stereocenters. The van der Waals surface area contributed by atoms with Crippen molar-refractivity contribution in [3.8, 4) is 0 Å². The van der Waals surface area contributed by atoms with Crippen molar-refractivity contribution in [2.75, 3.05) is 0 Å². The Morgan fingerprint density at radius 2 is 2.10 bits per heavy atom. The highest BCUT2D eigenvalue weighted by Crippen LogP contribution is 2.08. The molecular weight excluding hydrogens is 254 g/mol. The van der Waals surface area contributed by atoms with Gasteiger partial charge in [0.05, 0.1) is 11.9 Å². The van der Waals surface area contributed by atoms with Gasteiger partial charge in [0.2, 0.25) is 5.91 Å². The third-order valence-corrected chi connectivity index (χ3v) is 3.08. The highest BCUT2D eigenvalue weighted by Gasteiger charge is 2.06. The van der Waals surface area contributed by atoms with Gasteiger partial charge < -0.3 is 11.1 Å². The maximum Gasteiger partial charge on any atom is 0.242 e. The van der Waals surface area contributed by atoms with Gasteiger partial charge in [-0.15, -0.1) is 5.10 Å². The van der Waals surface area contributed by atoms with E-state index in [4.69, 9.17) is 5.73 Å². The van der Waals surface area contributed by atoms with Gasteiger partial charge in [-0.05, 0) is 17.5 Å². The first-order chi connectivity index (χ1) is 9.72. The van der Waals surface area contributed by atoms with E-state index in [-0.39, 0.29) is 12.5 Å². The van der Waals surface area contributed by atoms with E-state index in [2.05, 4.69) is 28.6 Å². The minimum Gasteiger partial charge on any atom is -0.350 e. The van der Waals surface area contributed by atoms with Crippen LogP contribution in [0.25, 0.3) is 0 Å². The fraction of sp³-hybridized carbons (Fsp3) is 0.357. The third-order valence-electron chi connectivity index (χ3n) is 3.08. The molecule has 3 N–H and O–H groups in total. The Morgan fingerprint density at radius 1 is 1.35 bits per heavy atom. The molecule has 1 aromatic heterocycles. The zero-order valence-electron chi connectivity index (χ0n) is 11.5. The van der Waals surface area contributed by atoms with E-state index in [1.54, 1.807) is 6.20 Å². The summed E-state index contributed by atoms with van der Waals surface area (Å²) in [5.41, 5.74) is 8.51. The highest BCUT2D eigenvalue weighted by atomic mass is 16.2.